The Balaban J connectivity index is 1.91. The Bertz CT molecular complexity index is 299. The Morgan fingerprint density at radius 1 is 1.18 bits per heavy atom. The molecule has 0 aromatic heterocycles. The molecule has 2 heterocycles. The van der Waals surface area contributed by atoms with E-state index in [-0.39, 0.29) is 12.0 Å². The second-order valence-electron chi connectivity index (χ2n) is 4.82. The summed E-state index contributed by atoms with van der Waals surface area (Å²) < 4.78 is 5.45. The van der Waals surface area contributed by atoms with Crippen LogP contribution < -0.4 is 0 Å². The number of piperidine rings is 1. The Kier molecular flexibility index (Phi) is 3.99. The van der Waals surface area contributed by atoms with Crippen molar-refractivity contribution >= 4 is 11.9 Å². The van der Waals surface area contributed by atoms with Crippen LogP contribution in [0.25, 0.3) is 0 Å². The number of hydrogen-bond donors (Lipinski definition) is 1. The van der Waals surface area contributed by atoms with Gasteiger partial charge in [0.1, 0.15) is 6.10 Å². The fraction of sp³-hybridized carbons (Fsp3) is 0.833. The van der Waals surface area contributed by atoms with Gasteiger partial charge in [-0.25, -0.2) is 0 Å². The number of aliphatic carboxylic acids is 1. The monoisotopic (exact) mass is 241 g/mol. The lowest BCUT2D eigenvalue weighted by molar-refractivity contribution is -0.152. The van der Waals surface area contributed by atoms with Crippen molar-refractivity contribution in [3.05, 3.63) is 0 Å². The number of ether oxygens (including phenoxy) is 1. The first kappa shape index (κ1) is 12.4. The number of carbonyl (C=O) groups is 2. The van der Waals surface area contributed by atoms with E-state index >= 15 is 0 Å². The molecule has 5 heteroatoms. The van der Waals surface area contributed by atoms with E-state index in [1.165, 1.54) is 0 Å². The Morgan fingerprint density at radius 3 is 2.65 bits per heavy atom. The van der Waals surface area contributed by atoms with Gasteiger partial charge in [0.2, 0.25) is 0 Å². The summed E-state index contributed by atoms with van der Waals surface area (Å²) in [5, 5.41) is 8.98. The number of carboxylic acids is 1. The Morgan fingerprint density at radius 2 is 2.00 bits per heavy atom. The summed E-state index contributed by atoms with van der Waals surface area (Å²) >= 11 is 0. The predicted molar refractivity (Wildman–Crippen MR) is 60.5 cm³/mol. The molecule has 0 aromatic carbocycles. The van der Waals surface area contributed by atoms with E-state index in [0.29, 0.717) is 26.1 Å². The molecular weight excluding hydrogens is 222 g/mol. The topological polar surface area (TPSA) is 66.8 Å². The average molecular weight is 241 g/mol. The standard InChI is InChI=1S/C12H19NO4/c14-11(10-5-1-2-7-17-10)13-6-3-4-9(8-13)12(15)16/h9-10H,1-8H2,(H,15,16). The molecule has 1 amide bonds. The zero-order valence-electron chi connectivity index (χ0n) is 9.93. The minimum absolute atomic E-state index is 0.0179. The lowest BCUT2D eigenvalue weighted by atomic mass is 9.97. The van der Waals surface area contributed by atoms with Crippen molar-refractivity contribution in [3.63, 3.8) is 0 Å². The van der Waals surface area contributed by atoms with Gasteiger partial charge in [-0.3, -0.25) is 9.59 Å². The van der Waals surface area contributed by atoms with Crippen LogP contribution in [0.1, 0.15) is 32.1 Å². The second-order valence-corrected chi connectivity index (χ2v) is 4.82. The molecule has 2 aliphatic rings. The van der Waals surface area contributed by atoms with Gasteiger partial charge in [-0.05, 0) is 32.1 Å². The first-order valence-corrected chi connectivity index (χ1v) is 6.31. The highest BCUT2D eigenvalue weighted by Crippen LogP contribution is 2.21. The summed E-state index contributed by atoms with van der Waals surface area (Å²) in [5.41, 5.74) is 0. The zero-order chi connectivity index (χ0) is 12.3. The molecule has 2 aliphatic heterocycles. The maximum atomic E-state index is 12.1. The summed E-state index contributed by atoms with van der Waals surface area (Å²) in [7, 11) is 0. The predicted octanol–water partition coefficient (Wildman–Crippen LogP) is 0.879. The van der Waals surface area contributed by atoms with Gasteiger partial charge in [0.05, 0.1) is 5.92 Å². The van der Waals surface area contributed by atoms with Crippen molar-refractivity contribution in [3.8, 4) is 0 Å². The van der Waals surface area contributed by atoms with Crippen LogP contribution in [0.5, 0.6) is 0 Å². The average Bonchev–Trinajstić information content (AvgIpc) is 2.39. The van der Waals surface area contributed by atoms with Gasteiger partial charge in [-0.2, -0.15) is 0 Å². The first-order valence-electron chi connectivity index (χ1n) is 6.31. The lowest BCUT2D eigenvalue weighted by Crippen LogP contribution is -2.47. The van der Waals surface area contributed by atoms with E-state index in [4.69, 9.17) is 9.84 Å². The van der Waals surface area contributed by atoms with E-state index in [9.17, 15) is 9.59 Å². The van der Waals surface area contributed by atoms with Crippen molar-refractivity contribution in [1.29, 1.82) is 0 Å². The minimum atomic E-state index is -0.799. The molecule has 1 N–H and O–H groups in total. The molecule has 0 bridgehead atoms. The van der Waals surface area contributed by atoms with Gasteiger partial charge in [-0.1, -0.05) is 0 Å². The highest BCUT2D eigenvalue weighted by atomic mass is 16.5. The molecule has 0 saturated carbocycles. The van der Waals surface area contributed by atoms with Crippen LogP contribution in [0.15, 0.2) is 0 Å². The summed E-state index contributed by atoms with van der Waals surface area (Å²) in [6.07, 6.45) is 3.91. The van der Waals surface area contributed by atoms with Gasteiger partial charge >= 0.3 is 5.97 Å². The van der Waals surface area contributed by atoms with Crippen molar-refractivity contribution in [2.24, 2.45) is 5.92 Å². The number of amides is 1. The molecule has 17 heavy (non-hydrogen) atoms. The maximum Gasteiger partial charge on any atom is 0.308 e. The van der Waals surface area contributed by atoms with Crippen LogP contribution in [0.3, 0.4) is 0 Å². The number of carboxylic acid groups (broad SMARTS) is 1. The van der Waals surface area contributed by atoms with Crippen LogP contribution >= 0.6 is 0 Å². The maximum absolute atomic E-state index is 12.1. The quantitative estimate of drug-likeness (QED) is 0.779. The van der Waals surface area contributed by atoms with Crippen molar-refractivity contribution < 1.29 is 19.4 Å². The highest BCUT2D eigenvalue weighted by molar-refractivity contribution is 5.82. The third kappa shape index (κ3) is 2.97. The number of nitrogens with zero attached hydrogens (tertiary/aromatic N) is 1. The summed E-state index contributed by atoms with van der Waals surface area (Å²) in [6.45, 7) is 1.66. The van der Waals surface area contributed by atoms with Gasteiger partial charge in [0.25, 0.3) is 5.91 Å². The highest BCUT2D eigenvalue weighted by Gasteiger charge is 2.32. The molecule has 0 radical (unpaired) electrons. The van der Waals surface area contributed by atoms with Crippen molar-refractivity contribution in [2.75, 3.05) is 19.7 Å². The van der Waals surface area contributed by atoms with Crippen LogP contribution in [0.4, 0.5) is 0 Å². The van der Waals surface area contributed by atoms with Gasteiger partial charge < -0.3 is 14.7 Å². The molecule has 0 aliphatic carbocycles. The van der Waals surface area contributed by atoms with Crippen LogP contribution in [-0.2, 0) is 14.3 Å². The number of hydrogen-bond acceptors (Lipinski definition) is 3. The van der Waals surface area contributed by atoms with E-state index in [0.717, 1.165) is 25.7 Å². The van der Waals surface area contributed by atoms with Crippen LogP contribution in [0.2, 0.25) is 0 Å². The molecule has 2 fully saturated rings. The SMILES string of the molecule is O=C(O)C1CCCN(C(=O)C2CCCCO2)C1. The minimum Gasteiger partial charge on any atom is -0.481 e. The normalized spacial score (nSPS) is 30.0. The zero-order valence-corrected chi connectivity index (χ0v) is 9.93. The van der Waals surface area contributed by atoms with Crippen molar-refractivity contribution in [1.82, 2.24) is 4.90 Å². The number of carbonyl (C=O) groups excluding carboxylic acids is 1. The van der Waals surface area contributed by atoms with E-state index in [1.807, 2.05) is 0 Å². The van der Waals surface area contributed by atoms with Crippen LogP contribution in [-0.4, -0.2) is 47.7 Å². The second kappa shape index (κ2) is 5.49. The van der Waals surface area contributed by atoms with Crippen molar-refractivity contribution in [2.45, 2.75) is 38.2 Å². The summed E-state index contributed by atoms with van der Waals surface area (Å²) in [4.78, 5) is 24.7. The fourth-order valence-electron chi connectivity index (χ4n) is 2.52. The molecule has 2 rings (SSSR count). The third-order valence-electron chi connectivity index (χ3n) is 3.54. The molecule has 0 aromatic rings. The Labute approximate surface area is 101 Å². The molecule has 2 atom stereocenters. The lowest BCUT2D eigenvalue weighted by Gasteiger charge is -2.34. The number of rotatable bonds is 2. The molecular formula is C12H19NO4. The molecule has 5 nitrogen and oxygen atoms in total. The van der Waals surface area contributed by atoms with Gasteiger partial charge in [0, 0.05) is 19.7 Å². The summed E-state index contributed by atoms with van der Waals surface area (Å²) in [6, 6.07) is 0. The molecule has 96 valence electrons. The third-order valence-corrected chi connectivity index (χ3v) is 3.54. The molecule has 0 spiro atoms. The van der Waals surface area contributed by atoms with Gasteiger partial charge in [0.15, 0.2) is 0 Å². The first-order chi connectivity index (χ1) is 8.18. The van der Waals surface area contributed by atoms with Crippen LogP contribution in [0, 0.1) is 5.92 Å². The smallest absolute Gasteiger partial charge is 0.308 e. The summed E-state index contributed by atoms with van der Waals surface area (Å²) in [5.74, 6) is -1.22. The van der Waals surface area contributed by atoms with E-state index in [1.54, 1.807) is 4.90 Å². The number of likely N-dealkylation sites (tertiary alicyclic amines) is 1. The largest absolute Gasteiger partial charge is 0.481 e. The molecule has 2 unspecified atom stereocenters. The van der Waals surface area contributed by atoms with E-state index < -0.39 is 11.9 Å². The molecule has 2 saturated heterocycles. The Hall–Kier alpha value is -1.10. The van der Waals surface area contributed by atoms with Gasteiger partial charge in [-0.15, -0.1) is 0 Å². The fourth-order valence-corrected chi connectivity index (χ4v) is 2.52. The van der Waals surface area contributed by atoms with E-state index in [2.05, 4.69) is 0 Å².